The van der Waals surface area contributed by atoms with Crippen LogP contribution in [0.4, 0.5) is 0 Å². The number of hydrogen-bond donors (Lipinski definition) is 1. The van der Waals surface area contributed by atoms with E-state index >= 15 is 0 Å². The minimum atomic E-state index is 0.639. The molecule has 2 fully saturated rings. The molecule has 0 saturated heterocycles. The molecule has 0 amide bonds. The van der Waals surface area contributed by atoms with Gasteiger partial charge in [0.1, 0.15) is 0 Å². The molecule has 1 heteroatoms. The molecule has 0 heterocycles. The first-order valence-electron chi connectivity index (χ1n) is 8.28. The standard InChI is InChI=1S/C17H33N/c1-5-10-18-16-8-9-17(4,12-16)15-7-6-13(2)14(3)11-15/h13-16,18H,5-12H2,1-4H3. The molecule has 0 aromatic carbocycles. The lowest BCUT2D eigenvalue weighted by atomic mass is 9.64. The van der Waals surface area contributed by atoms with E-state index in [0.717, 1.165) is 23.8 Å². The van der Waals surface area contributed by atoms with Crippen LogP contribution in [0, 0.1) is 23.2 Å². The smallest absolute Gasteiger partial charge is 0.00725 e. The maximum absolute atomic E-state index is 3.75. The topological polar surface area (TPSA) is 12.0 Å². The molecular formula is C17H33N. The van der Waals surface area contributed by atoms with Crippen molar-refractivity contribution in [2.45, 2.75) is 78.7 Å². The number of rotatable bonds is 4. The molecule has 0 spiro atoms. The molecule has 0 bridgehead atoms. The van der Waals surface area contributed by atoms with Crippen LogP contribution in [0.3, 0.4) is 0 Å². The van der Waals surface area contributed by atoms with E-state index in [0.29, 0.717) is 5.41 Å². The van der Waals surface area contributed by atoms with Gasteiger partial charge >= 0.3 is 0 Å². The predicted octanol–water partition coefficient (Wildman–Crippen LogP) is 4.62. The molecule has 106 valence electrons. The van der Waals surface area contributed by atoms with Crippen LogP contribution in [0.5, 0.6) is 0 Å². The van der Waals surface area contributed by atoms with Crippen LogP contribution in [0.2, 0.25) is 0 Å². The molecule has 0 radical (unpaired) electrons. The van der Waals surface area contributed by atoms with Crippen LogP contribution in [0.1, 0.15) is 72.6 Å². The Morgan fingerprint density at radius 2 is 1.89 bits per heavy atom. The van der Waals surface area contributed by atoms with Gasteiger partial charge in [-0.05, 0) is 68.2 Å². The quantitative estimate of drug-likeness (QED) is 0.769. The molecule has 18 heavy (non-hydrogen) atoms. The summed E-state index contributed by atoms with van der Waals surface area (Å²) in [6.45, 7) is 11.0. The molecule has 5 unspecified atom stereocenters. The van der Waals surface area contributed by atoms with E-state index in [1.807, 2.05) is 0 Å². The second-order valence-corrected chi connectivity index (χ2v) is 7.51. The van der Waals surface area contributed by atoms with E-state index in [1.54, 1.807) is 0 Å². The molecule has 1 nitrogen and oxygen atoms in total. The van der Waals surface area contributed by atoms with E-state index in [1.165, 1.54) is 51.5 Å². The fourth-order valence-corrected chi connectivity index (χ4v) is 4.34. The van der Waals surface area contributed by atoms with Crippen molar-refractivity contribution in [1.82, 2.24) is 5.32 Å². The Bertz CT molecular complexity index is 262. The summed E-state index contributed by atoms with van der Waals surface area (Å²) < 4.78 is 0. The zero-order chi connectivity index (χ0) is 13.2. The summed E-state index contributed by atoms with van der Waals surface area (Å²) in [6, 6.07) is 0.810. The van der Waals surface area contributed by atoms with E-state index < -0.39 is 0 Å². The van der Waals surface area contributed by atoms with Crippen LogP contribution in [0.25, 0.3) is 0 Å². The molecule has 1 N–H and O–H groups in total. The van der Waals surface area contributed by atoms with Crippen molar-refractivity contribution >= 4 is 0 Å². The SMILES string of the molecule is CCCNC1CCC(C)(C2CCC(C)C(C)C2)C1. The van der Waals surface area contributed by atoms with Gasteiger partial charge < -0.3 is 5.32 Å². The molecule has 0 aromatic rings. The lowest BCUT2D eigenvalue weighted by molar-refractivity contribution is 0.0889. The molecule has 0 aliphatic heterocycles. The van der Waals surface area contributed by atoms with Crippen LogP contribution < -0.4 is 5.32 Å². The fourth-order valence-electron chi connectivity index (χ4n) is 4.34. The first-order chi connectivity index (χ1) is 8.55. The summed E-state index contributed by atoms with van der Waals surface area (Å²) in [5.41, 5.74) is 0.639. The summed E-state index contributed by atoms with van der Waals surface area (Å²) in [7, 11) is 0. The second kappa shape index (κ2) is 5.94. The third kappa shape index (κ3) is 3.10. The maximum atomic E-state index is 3.75. The Kier molecular flexibility index (Phi) is 4.75. The van der Waals surface area contributed by atoms with Crippen LogP contribution in [-0.2, 0) is 0 Å². The van der Waals surface area contributed by atoms with Crippen molar-refractivity contribution in [2.24, 2.45) is 23.2 Å². The van der Waals surface area contributed by atoms with Gasteiger partial charge in [-0.15, -0.1) is 0 Å². The van der Waals surface area contributed by atoms with Gasteiger partial charge in [-0.3, -0.25) is 0 Å². The first kappa shape index (κ1) is 14.4. The van der Waals surface area contributed by atoms with Gasteiger partial charge in [-0.1, -0.05) is 34.1 Å². The van der Waals surface area contributed by atoms with E-state index in [9.17, 15) is 0 Å². The molecule has 2 aliphatic rings. The Morgan fingerprint density at radius 3 is 2.56 bits per heavy atom. The number of hydrogen-bond acceptors (Lipinski definition) is 1. The molecular weight excluding hydrogens is 218 g/mol. The van der Waals surface area contributed by atoms with Gasteiger partial charge in [0.2, 0.25) is 0 Å². The summed E-state index contributed by atoms with van der Waals surface area (Å²) >= 11 is 0. The highest BCUT2D eigenvalue weighted by Gasteiger charge is 2.43. The molecule has 2 aliphatic carbocycles. The Hall–Kier alpha value is -0.0400. The first-order valence-corrected chi connectivity index (χ1v) is 8.28. The zero-order valence-electron chi connectivity index (χ0n) is 13.0. The highest BCUT2D eigenvalue weighted by Crippen LogP contribution is 2.51. The highest BCUT2D eigenvalue weighted by atomic mass is 14.9. The van der Waals surface area contributed by atoms with Crippen LogP contribution >= 0.6 is 0 Å². The van der Waals surface area contributed by atoms with Crippen LogP contribution in [-0.4, -0.2) is 12.6 Å². The summed E-state index contributed by atoms with van der Waals surface area (Å²) in [5.74, 6) is 2.90. The second-order valence-electron chi connectivity index (χ2n) is 7.51. The Balaban J connectivity index is 1.88. The summed E-state index contributed by atoms with van der Waals surface area (Å²) in [5, 5.41) is 3.75. The monoisotopic (exact) mass is 251 g/mol. The molecule has 2 rings (SSSR count). The third-order valence-corrected chi connectivity index (χ3v) is 6.04. The van der Waals surface area contributed by atoms with E-state index in [2.05, 4.69) is 33.0 Å². The minimum absolute atomic E-state index is 0.639. The average Bonchev–Trinajstić information content (AvgIpc) is 2.73. The maximum Gasteiger partial charge on any atom is 0.00725 e. The molecule has 0 aromatic heterocycles. The predicted molar refractivity (Wildman–Crippen MR) is 79.7 cm³/mol. The zero-order valence-corrected chi connectivity index (χ0v) is 13.0. The lowest BCUT2D eigenvalue weighted by Gasteiger charge is -2.42. The Labute approximate surface area is 114 Å². The van der Waals surface area contributed by atoms with Gasteiger partial charge in [0.15, 0.2) is 0 Å². The van der Waals surface area contributed by atoms with Gasteiger partial charge in [0.05, 0.1) is 0 Å². The van der Waals surface area contributed by atoms with Crippen molar-refractivity contribution in [1.29, 1.82) is 0 Å². The fraction of sp³-hybridized carbons (Fsp3) is 1.00. The number of nitrogens with one attached hydrogen (secondary N) is 1. The van der Waals surface area contributed by atoms with Crippen LogP contribution in [0.15, 0.2) is 0 Å². The summed E-state index contributed by atoms with van der Waals surface area (Å²) in [4.78, 5) is 0. The van der Waals surface area contributed by atoms with Crippen molar-refractivity contribution in [2.75, 3.05) is 6.54 Å². The van der Waals surface area contributed by atoms with Gasteiger partial charge in [-0.25, -0.2) is 0 Å². The molecule has 2 saturated carbocycles. The average molecular weight is 251 g/mol. The van der Waals surface area contributed by atoms with Crippen molar-refractivity contribution < 1.29 is 0 Å². The third-order valence-electron chi connectivity index (χ3n) is 6.04. The normalized spacial score (nSPS) is 45.3. The van der Waals surface area contributed by atoms with Gasteiger partial charge in [0.25, 0.3) is 0 Å². The van der Waals surface area contributed by atoms with Gasteiger partial charge in [0, 0.05) is 6.04 Å². The van der Waals surface area contributed by atoms with Crippen molar-refractivity contribution in [3.05, 3.63) is 0 Å². The minimum Gasteiger partial charge on any atom is -0.314 e. The van der Waals surface area contributed by atoms with E-state index in [-0.39, 0.29) is 0 Å². The van der Waals surface area contributed by atoms with Crippen molar-refractivity contribution in [3.63, 3.8) is 0 Å². The molecule has 5 atom stereocenters. The lowest BCUT2D eigenvalue weighted by Crippen LogP contribution is -2.34. The van der Waals surface area contributed by atoms with Crippen molar-refractivity contribution in [3.8, 4) is 0 Å². The highest BCUT2D eigenvalue weighted by molar-refractivity contribution is 4.95. The summed E-state index contributed by atoms with van der Waals surface area (Å²) in [6.07, 6.45) is 10.0. The largest absolute Gasteiger partial charge is 0.314 e. The van der Waals surface area contributed by atoms with Gasteiger partial charge in [-0.2, -0.15) is 0 Å². The van der Waals surface area contributed by atoms with E-state index in [4.69, 9.17) is 0 Å². The Morgan fingerprint density at radius 1 is 1.11 bits per heavy atom.